The highest BCUT2D eigenvalue weighted by Crippen LogP contribution is 2.33. The van der Waals surface area contributed by atoms with Gasteiger partial charge in [0.25, 0.3) is 0 Å². The average Bonchev–Trinajstić information content (AvgIpc) is 2.53. The number of anilines is 1. The van der Waals surface area contributed by atoms with Crippen LogP contribution >= 0.6 is 0 Å². The van der Waals surface area contributed by atoms with Crippen LogP contribution in [-0.2, 0) is 6.18 Å². The second-order valence-electron chi connectivity index (χ2n) is 3.54. The molecule has 0 spiro atoms. The van der Waals surface area contributed by atoms with Crippen LogP contribution in [0, 0.1) is 18.3 Å². The van der Waals surface area contributed by atoms with E-state index in [-0.39, 0.29) is 22.5 Å². The molecular formula is C10H7F3N4. The van der Waals surface area contributed by atoms with Crippen molar-refractivity contribution >= 4 is 16.7 Å². The van der Waals surface area contributed by atoms with E-state index < -0.39 is 11.9 Å². The Morgan fingerprint density at radius 1 is 1.47 bits per heavy atom. The monoisotopic (exact) mass is 240 g/mol. The van der Waals surface area contributed by atoms with Crippen LogP contribution in [0.1, 0.15) is 17.0 Å². The van der Waals surface area contributed by atoms with Gasteiger partial charge in [-0.3, -0.25) is 0 Å². The molecule has 0 aliphatic rings. The minimum absolute atomic E-state index is 0.0102. The van der Waals surface area contributed by atoms with Crippen LogP contribution in [-0.4, -0.2) is 9.97 Å². The van der Waals surface area contributed by atoms with Crippen molar-refractivity contribution in [3.8, 4) is 6.07 Å². The lowest BCUT2D eigenvalue weighted by Crippen LogP contribution is -2.08. The minimum Gasteiger partial charge on any atom is -0.384 e. The molecule has 3 N–H and O–H groups in total. The zero-order chi connectivity index (χ0) is 12.8. The Morgan fingerprint density at radius 3 is 2.65 bits per heavy atom. The Bertz CT molecular complexity index is 634. The zero-order valence-electron chi connectivity index (χ0n) is 8.68. The van der Waals surface area contributed by atoms with Crippen molar-refractivity contribution in [1.82, 2.24) is 9.97 Å². The summed E-state index contributed by atoms with van der Waals surface area (Å²) < 4.78 is 37.7. The number of alkyl halides is 3. The summed E-state index contributed by atoms with van der Waals surface area (Å²) in [7, 11) is 0. The maximum absolute atomic E-state index is 12.6. The third-order valence-corrected chi connectivity index (χ3v) is 2.40. The molecule has 0 fully saturated rings. The number of aryl methyl sites for hydroxylation is 1. The van der Waals surface area contributed by atoms with Crippen LogP contribution in [0.2, 0.25) is 0 Å². The molecule has 0 saturated heterocycles. The minimum atomic E-state index is -4.54. The molecule has 0 bridgehead atoms. The fourth-order valence-corrected chi connectivity index (χ4v) is 1.64. The average molecular weight is 240 g/mol. The standard InChI is InChI=1S/C10H7F3N4/c1-4-8-5(6(3-14)9(15)17-8)2-7(16-4)10(11,12)13/h2,17H,15H2,1H3. The first-order valence-electron chi connectivity index (χ1n) is 4.60. The van der Waals surface area contributed by atoms with Gasteiger partial charge in [-0.1, -0.05) is 0 Å². The Kier molecular flexibility index (Phi) is 2.24. The van der Waals surface area contributed by atoms with Gasteiger partial charge in [0.05, 0.1) is 11.2 Å². The number of fused-ring (bicyclic) bond motifs is 1. The zero-order valence-corrected chi connectivity index (χ0v) is 8.68. The van der Waals surface area contributed by atoms with E-state index in [4.69, 9.17) is 11.0 Å². The molecule has 2 rings (SSSR count). The van der Waals surface area contributed by atoms with Crippen molar-refractivity contribution in [3.05, 3.63) is 23.0 Å². The third-order valence-electron chi connectivity index (χ3n) is 2.40. The van der Waals surface area contributed by atoms with Gasteiger partial charge in [-0.2, -0.15) is 18.4 Å². The number of nitrogens with zero attached hydrogens (tertiary/aromatic N) is 2. The van der Waals surface area contributed by atoms with Gasteiger partial charge in [-0.25, -0.2) is 4.98 Å². The molecule has 0 aliphatic heterocycles. The summed E-state index contributed by atoms with van der Waals surface area (Å²) in [6, 6.07) is 2.60. The molecule has 0 saturated carbocycles. The van der Waals surface area contributed by atoms with Gasteiger partial charge in [0.1, 0.15) is 23.1 Å². The number of pyridine rings is 1. The lowest BCUT2D eigenvalue weighted by molar-refractivity contribution is -0.141. The summed E-state index contributed by atoms with van der Waals surface area (Å²) in [6.45, 7) is 1.43. The van der Waals surface area contributed by atoms with Gasteiger partial charge in [0, 0.05) is 5.39 Å². The summed E-state index contributed by atoms with van der Waals surface area (Å²) in [4.78, 5) is 6.09. The molecule has 0 aliphatic carbocycles. The largest absolute Gasteiger partial charge is 0.433 e. The summed E-state index contributed by atoms with van der Waals surface area (Å²) in [6.07, 6.45) is -4.54. The molecule has 2 aromatic rings. The number of halogens is 3. The number of nitrogens with two attached hydrogens (primary N) is 1. The van der Waals surface area contributed by atoms with Crippen molar-refractivity contribution in [2.75, 3.05) is 5.73 Å². The van der Waals surface area contributed by atoms with Gasteiger partial charge < -0.3 is 10.7 Å². The molecular weight excluding hydrogens is 233 g/mol. The van der Waals surface area contributed by atoms with Crippen LogP contribution in [0.4, 0.5) is 19.0 Å². The molecule has 0 unspecified atom stereocenters. The summed E-state index contributed by atoms with van der Waals surface area (Å²) in [5.41, 5.74) is 4.99. The summed E-state index contributed by atoms with van der Waals surface area (Å²) in [5.74, 6) is 0.0479. The SMILES string of the molecule is Cc1nc(C(F)(F)F)cc2c(C#N)c(N)[nH]c12. The highest BCUT2D eigenvalue weighted by molar-refractivity contribution is 5.92. The molecule has 0 amide bonds. The van der Waals surface area contributed by atoms with Crippen LogP contribution in [0.15, 0.2) is 6.07 Å². The van der Waals surface area contributed by atoms with Crippen LogP contribution in [0.25, 0.3) is 10.9 Å². The smallest absolute Gasteiger partial charge is 0.384 e. The van der Waals surface area contributed by atoms with E-state index in [0.717, 1.165) is 6.07 Å². The number of nitrogen functional groups attached to an aromatic ring is 1. The van der Waals surface area contributed by atoms with Crippen molar-refractivity contribution in [2.45, 2.75) is 13.1 Å². The normalized spacial score (nSPS) is 11.7. The first-order valence-corrected chi connectivity index (χ1v) is 4.60. The third kappa shape index (κ3) is 1.67. The predicted octanol–water partition coefficient (Wildman–Crippen LogP) is 2.34. The van der Waals surface area contributed by atoms with Crippen LogP contribution < -0.4 is 5.73 Å². The number of hydrogen-bond donors (Lipinski definition) is 2. The molecule has 88 valence electrons. The second-order valence-corrected chi connectivity index (χ2v) is 3.54. The number of rotatable bonds is 0. The summed E-state index contributed by atoms with van der Waals surface area (Å²) >= 11 is 0. The lowest BCUT2D eigenvalue weighted by atomic mass is 10.1. The lowest BCUT2D eigenvalue weighted by Gasteiger charge is -2.06. The van der Waals surface area contributed by atoms with E-state index in [2.05, 4.69) is 9.97 Å². The quantitative estimate of drug-likeness (QED) is 0.741. The predicted molar refractivity (Wildman–Crippen MR) is 55.0 cm³/mol. The van der Waals surface area contributed by atoms with Crippen LogP contribution in [0.5, 0.6) is 0 Å². The van der Waals surface area contributed by atoms with Crippen molar-refractivity contribution in [1.29, 1.82) is 5.26 Å². The topological polar surface area (TPSA) is 78.5 Å². The van der Waals surface area contributed by atoms with Crippen molar-refractivity contribution in [3.63, 3.8) is 0 Å². The Labute approximate surface area is 93.9 Å². The Hall–Kier alpha value is -2.23. The maximum Gasteiger partial charge on any atom is 0.433 e. The fourth-order valence-electron chi connectivity index (χ4n) is 1.64. The van der Waals surface area contributed by atoms with E-state index in [1.165, 1.54) is 6.92 Å². The Balaban J connectivity index is 2.85. The summed E-state index contributed by atoms with van der Waals surface area (Å²) in [5, 5.41) is 8.98. The van der Waals surface area contributed by atoms with Gasteiger partial charge in [-0.15, -0.1) is 0 Å². The van der Waals surface area contributed by atoms with Crippen molar-refractivity contribution < 1.29 is 13.2 Å². The first kappa shape index (κ1) is 11.3. The van der Waals surface area contributed by atoms with Gasteiger partial charge in [0.2, 0.25) is 0 Å². The van der Waals surface area contributed by atoms with E-state index in [1.807, 2.05) is 0 Å². The molecule has 0 aromatic carbocycles. The number of H-pyrrole nitrogens is 1. The van der Waals surface area contributed by atoms with Crippen LogP contribution in [0.3, 0.4) is 0 Å². The van der Waals surface area contributed by atoms with E-state index in [0.29, 0.717) is 5.52 Å². The number of aromatic nitrogens is 2. The fraction of sp³-hybridized carbons (Fsp3) is 0.200. The van der Waals surface area contributed by atoms with Gasteiger partial charge >= 0.3 is 6.18 Å². The van der Waals surface area contributed by atoms with E-state index in [9.17, 15) is 13.2 Å². The number of aromatic amines is 1. The molecule has 2 heterocycles. The molecule has 2 aromatic heterocycles. The molecule has 7 heteroatoms. The van der Waals surface area contributed by atoms with E-state index in [1.54, 1.807) is 6.07 Å². The number of nitriles is 1. The second kappa shape index (κ2) is 3.38. The molecule has 17 heavy (non-hydrogen) atoms. The Morgan fingerprint density at radius 2 is 2.12 bits per heavy atom. The molecule has 4 nitrogen and oxygen atoms in total. The molecule has 0 atom stereocenters. The van der Waals surface area contributed by atoms with Crippen molar-refractivity contribution in [2.24, 2.45) is 0 Å². The maximum atomic E-state index is 12.6. The van der Waals surface area contributed by atoms with Gasteiger partial charge in [0.15, 0.2) is 0 Å². The first-order chi connectivity index (χ1) is 7.84. The van der Waals surface area contributed by atoms with E-state index >= 15 is 0 Å². The molecule has 0 radical (unpaired) electrons. The highest BCUT2D eigenvalue weighted by Gasteiger charge is 2.33. The number of hydrogen-bond acceptors (Lipinski definition) is 3. The highest BCUT2D eigenvalue weighted by atomic mass is 19.4. The van der Waals surface area contributed by atoms with Gasteiger partial charge in [-0.05, 0) is 13.0 Å². The number of nitrogens with one attached hydrogen (secondary N) is 1.